The van der Waals surface area contributed by atoms with Gasteiger partial charge in [0.05, 0.1) is 5.69 Å². The third-order valence-electron chi connectivity index (χ3n) is 4.94. The quantitative estimate of drug-likeness (QED) is 0.649. The number of nitrogens with one attached hydrogen (secondary N) is 1. The molecule has 1 heterocycles. The number of nitrogens with zero attached hydrogens (tertiary/aromatic N) is 2. The Hall–Kier alpha value is -3.55. The van der Waals surface area contributed by atoms with Crippen LogP contribution in [-0.4, -0.2) is 28.3 Å². The first kappa shape index (κ1) is 19.8. The summed E-state index contributed by atoms with van der Waals surface area (Å²) in [6.45, 7) is 1.48. The van der Waals surface area contributed by atoms with E-state index in [-0.39, 0.29) is 5.69 Å². The Balaban J connectivity index is 1.48. The van der Waals surface area contributed by atoms with Crippen molar-refractivity contribution in [2.24, 2.45) is 0 Å². The zero-order valence-corrected chi connectivity index (χ0v) is 16.2. The number of benzene rings is 2. The van der Waals surface area contributed by atoms with Crippen LogP contribution in [0.3, 0.4) is 0 Å². The maximum absolute atomic E-state index is 13.6. The number of halogens is 2. The van der Waals surface area contributed by atoms with Crippen molar-refractivity contribution >= 4 is 17.6 Å². The van der Waals surface area contributed by atoms with Crippen LogP contribution in [0.2, 0.25) is 0 Å². The van der Waals surface area contributed by atoms with Crippen molar-refractivity contribution < 1.29 is 23.1 Å². The summed E-state index contributed by atoms with van der Waals surface area (Å²) in [4.78, 5) is 24.6. The van der Waals surface area contributed by atoms with Gasteiger partial charge in [0.2, 0.25) is 0 Å². The summed E-state index contributed by atoms with van der Waals surface area (Å²) >= 11 is 0. The number of carbonyl (C=O) groups excluding carboxylic acids is 2. The fourth-order valence-electron chi connectivity index (χ4n) is 3.47. The van der Waals surface area contributed by atoms with Gasteiger partial charge in [0.15, 0.2) is 23.9 Å². The summed E-state index contributed by atoms with van der Waals surface area (Å²) < 4.78 is 33.5. The van der Waals surface area contributed by atoms with Gasteiger partial charge in [-0.15, -0.1) is 0 Å². The van der Waals surface area contributed by atoms with E-state index in [2.05, 4.69) is 10.4 Å². The Kier molecular flexibility index (Phi) is 5.31. The number of fused-ring (bicyclic) bond motifs is 1. The molecule has 1 N–H and O–H groups in total. The summed E-state index contributed by atoms with van der Waals surface area (Å²) in [5.74, 6) is -3.15. The molecule has 1 amide bonds. The lowest BCUT2D eigenvalue weighted by molar-refractivity contribution is -0.119. The Morgan fingerprint density at radius 2 is 1.87 bits per heavy atom. The number of ether oxygens (including phenoxy) is 1. The van der Waals surface area contributed by atoms with E-state index in [0.717, 1.165) is 29.8 Å². The molecule has 0 spiro atoms. The maximum atomic E-state index is 13.6. The molecule has 1 aliphatic rings. The molecule has 8 heteroatoms. The highest BCUT2D eigenvalue weighted by molar-refractivity contribution is 5.95. The zero-order chi connectivity index (χ0) is 21.3. The second-order valence-electron chi connectivity index (χ2n) is 7.13. The van der Waals surface area contributed by atoms with Gasteiger partial charge in [0.1, 0.15) is 0 Å². The van der Waals surface area contributed by atoms with Crippen LogP contribution in [0.4, 0.5) is 14.5 Å². The minimum atomic E-state index is -0.994. The van der Waals surface area contributed by atoms with E-state index < -0.39 is 30.1 Å². The maximum Gasteiger partial charge on any atom is 0.359 e. The van der Waals surface area contributed by atoms with Crippen molar-refractivity contribution in [1.29, 1.82) is 0 Å². The second kappa shape index (κ2) is 8.06. The highest BCUT2D eigenvalue weighted by Crippen LogP contribution is 2.28. The van der Waals surface area contributed by atoms with E-state index in [9.17, 15) is 18.4 Å². The van der Waals surface area contributed by atoms with Crippen molar-refractivity contribution in [2.75, 3.05) is 11.9 Å². The normalized spacial score (nSPS) is 12.5. The largest absolute Gasteiger partial charge is 0.451 e. The molecule has 1 aromatic heterocycles. The molecule has 1 aliphatic carbocycles. The van der Waals surface area contributed by atoms with Crippen LogP contribution >= 0.6 is 0 Å². The zero-order valence-electron chi connectivity index (χ0n) is 16.2. The Bertz CT molecular complexity index is 1120. The van der Waals surface area contributed by atoms with Crippen molar-refractivity contribution in [2.45, 2.75) is 26.2 Å². The molecule has 0 saturated heterocycles. The SMILES string of the molecule is Cc1ccc(NC(=O)COC(=O)c2nn(-c3ccc(F)c(F)c3)c3c2CCC3)cc1. The molecule has 30 heavy (non-hydrogen) atoms. The number of amides is 1. The standard InChI is InChI=1S/C22H19F2N3O3/c1-13-5-7-14(8-6-13)25-20(28)12-30-22(29)21-16-3-2-4-19(16)27(26-21)15-9-10-17(23)18(24)11-15/h5-11H,2-4,12H2,1H3,(H,25,28). The van der Waals surface area contributed by atoms with Crippen molar-refractivity contribution in [1.82, 2.24) is 9.78 Å². The smallest absolute Gasteiger partial charge is 0.359 e. The predicted octanol–water partition coefficient (Wildman–Crippen LogP) is 3.74. The molecule has 154 valence electrons. The number of hydrogen-bond acceptors (Lipinski definition) is 4. The average molecular weight is 411 g/mol. The van der Waals surface area contributed by atoms with Crippen LogP contribution in [0.15, 0.2) is 42.5 Å². The number of hydrogen-bond donors (Lipinski definition) is 1. The molecule has 0 saturated carbocycles. The highest BCUT2D eigenvalue weighted by atomic mass is 19.2. The van der Waals surface area contributed by atoms with Crippen LogP contribution in [0, 0.1) is 18.6 Å². The topological polar surface area (TPSA) is 73.2 Å². The van der Waals surface area contributed by atoms with E-state index in [4.69, 9.17) is 4.74 Å². The average Bonchev–Trinajstić information content (AvgIpc) is 3.33. The third-order valence-corrected chi connectivity index (χ3v) is 4.94. The third kappa shape index (κ3) is 3.94. The van der Waals surface area contributed by atoms with Crippen LogP contribution in [0.1, 0.15) is 33.7 Å². The summed E-state index contributed by atoms with van der Waals surface area (Å²) in [5, 5.41) is 6.92. The van der Waals surface area contributed by atoms with Gasteiger partial charge < -0.3 is 10.1 Å². The molecule has 0 atom stereocenters. The number of rotatable bonds is 5. The molecule has 0 unspecified atom stereocenters. The Morgan fingerprint density at radius 1 is 1.10 bits per heavy atom. The fraction of sp³-hybridized carbons (Fsp3) is 0.227. The molecule has 4 rings (SSSR count). The predicted molar refractivity (Wildman–Crippen MR) is 106 cm³/mol. The lowest BCUT2D eigenvalue weighted by Crippen LogP contribution is -2.21. The van der Waals surface area contributed by atoms with Gasteiger partial charge >= 0.3 is 5.97 Å². The molecule has 0 fully saturated rings. The molecule has 6 nitrogen and oxygen atoms in total. The number of carbonyl (C=O) groups is 2. The number of aromatic nitrogens is 2. The van der Waals surface area contributed by atoms with E-state index >= 15 is 0 Å². The van der Waals surface area contributed by atoms with Gasteiger partial charge in [-0.3, -0.25) is 4.79 Å². The summed E-state index contributed by atoms with van der Waals surface area (Å²) in [7, 11) is 0. The number of esters is 1. The highest BCUT2D eigenvalue weighted by Gasteiger charge is 2.28. The van der Waals surface area contributed by atoms with Gasteiger partial charge in [-0.1, -0.05) is 17.7 Å². The van der Waals surface area contributed by atoms with Crippen LogP contribution in [0.5, 0.6) is 0 Å². The van der Waals surface area contributed by atoms with E-state index in [1.54, 1.807) is 12.1 Å². The molecular weight excluding hydrogens is 392 g/mol. The van der Waals surface area contributed by atoms with Gasteiger partial charge in [-0.05, 0) is 50.5 Å². The second-order valence-corrected chi connectivity index (χ2v) is 7.13. The molecular formula is C22H19F2N3O3. The van der Waals surface area contributed by atoms with Crippen molar-refractivity contribution in [3.63, 3.8) is 0 Å². The van der Waals surface area contributed by atoms with E-state index in [1.165, 1.54) is 10.7 Å². The molecule has 3 aromatic rings. The fourth-order valence-corrected chi connectivity index (χ4v) is 3.47. The van der Waals surface area contributed by atoms with Gasteiger partial charge in [0.25, 0.3) is 5.91 Å². The monoisotopic (exact) mass is 411 g/mol. The first-order valence-corrected chi connectivity index (χ1v) is 9.52. The van der Waals surface area contributed by atoms with E-state index in [1.807, 2.05) is 19.1 Å². The first-order chi connectivity index (χ1) is 14.4. The lowest BCUT2D eigenvalue weighted by Gasteiger charge is -2.07. The lowest BCUT2D eigenvalue weighted by atomic mass is 10.2. The van der Waals surface area contributed by atoms with Crippen molar-refractivity contribution in [3.8, 4) is 5.69 Å². The minimum absolute atomic E-state index is 0.0929. The van der Waals surface area contributed by atoms with Crippen LogP contribution in [-0.2, 0) is 22.4 Å². The van der Waals surface area contributed by atoms with Crippen LogP contribution in [0.25, 0.3) is 5.69 Å². The van der Waals surface area contributed by atoms with E-state index in [0.29, 0.717) is 29.8 Å². The first-order valence-electron chi connectivity index (χ1n) is 9.52. The minimum Gasteiger partial charge on any atom is -0.451 e. The van der Waals surface area contributed by atoms with Gasteiger partial charge in [0, 0.05) is 23.0 Å². The van der Waals surface area contributed by atoms with Crippen LogP contribution < -0.4 is 5.32 Å². The van der Waals surface area contributed by atoms with Gasteiger partial charge in [-0.2, -0.15) is 5.10 Å². The Morgan fingerprint density at radius 3 is 2.60 bits per heavy atom. The molecule has 2 aromatic carbocycles. The summed E-state index contributed by atoms with van der Waals surface area (Å²) in [6.07, 6.45) is 2.09. The molecule has 0 aliphatic heterocycles. The van der Waals surface area contributed by atoms with Crippen molar-refractivity contribution in [3.05, 3.63) is 76.6 Å². The molecule has 0 radical (unpaired) electrons. The summed E-state index contributed by atoms with van der Waals surface area (Å²) in [6, 6.07) is 10.7. The number of aryl methyl sites for hydroxylation is 1. The number of anilines is 1. The summed E-state index contributed by atoms with van der Waals surface area (Å²) in [5.41, 5.74) is 3.55. The van der Waals surface area contributed by atoms with Gasteiger partial charge in [-0.25, -0.2) is 18.3 Å². The molecule has 0 bridgehead atoms. The Labute approximate surface area is 171 Å².